The summed E-state index contributed by atoms with van der Waals surface area (Å²) in [6.07, 6.45) is 5.64. The lowest BCUT2D eigenvalue weighted by atomic mass is 9.92. The van der Waals surface area contributed by atoms with Crippen LogP contribution in [0, 0.1) is 0 Å². The summed E-state index contributed by atoms with van der Waals surface area (Å²) in [5.74, 6) is 0.196. The fourth-order valence-electron chi connectivity index (χ4n) is 2.11. The first-order valence-electron chi connectivity index (χ1n) is 6.32. The van der Waals surface area contributed by atoms with Gasteiger partial charge in [-0.25, -0.2) is 0 Å². The fourth-order valence-corrected chi connectivity index (χ4v) is 2.11. The minimum absolute atomic E-state index is 0.196. The van der Waals surface area contributed by atoms with Crippen molar-refractivity contribution in [3.05, 3.63) is 34.9 Å². The van der Waals surface area contributed by atoms with E-state index in [1.54, 1.807) is 6.92 Å². The molecule has 0 aliphatic carbocycles. The molecule has 1 aromatic carbocycles. The molecule has 1 heteroatoms. The van der Waals surface area contributed by atoms with Crippen molar-refractivity contribution in [2.24, 2.45) is 0 Å². The van der Waals surface area contributed by atoms with Gasteiger partial charge in [-0.15, -0.1) is 0 Å². The molecule has 0 fully saturated rings. The molecule has 0 aliphatic heterocycles. The molecule has 1 aromatic rings. The number of Topliss-reactive ketones (excluding diaryl/α,β-unsaturated/α-hetero) is 1. The Hall–Kier alpha value is -1.11. The predicted octanol–water partition coefficient (Wildman–Crippen LogP) is 4.18. The van der Waals surface area contributed by atoms with Crippen molar-refractivity contribution in [1.82, 2.24) is 0 Å². The smallest absolute Gasteiger partial charge is 0.160 e. The summed E-state index contributed by atoms with van der Waals surface area (Å²) >= 11 is 0. The van der Waals surface area contributed by atoms with Gasteiger partial charge in [0, 0.05) is 5.56 Å². The molecule has 1 nitrogen and oxygen atoms in total. The van der Waals surface area contributed by atoms with Gasteiger partial charge in [-0.05, 0) is 37.3 Å². The van der Waals surface area contributed by atoms with Crippen LogP contribution in [0.1, 0.15) is 61.5 Å². The minimum atomic E-state index is 0.196. The first-order valence-corrected chi connectivity index (χ1v) is 6.32. The van der Waals surface area contributed by atoms with Gasteiger partial charge in [-0.1, -0.05) is 44.9 Å². The van der Waals surface area contributed by atoms with E-state index in [1.165, 1.54) is 24.0 Å². The zero-order valence-corrected chi connectivity index (χ0v) is 10.7. The molecule has 0 heterocycles. The van der Waals surface area contributed by atoms with E-state index in [0.717, 1.165) is 24.8 Å². The fraction of sp³-hybridized carbons (Fsp3) is 0.533. The van der Waals surface area contributed by atoms with E-state index in [9.17, 15) is 4.79 Å². The van der Waals surface area contributed by atoms with Crippen LogP contribution in [0.4, 0.5) is 0 Å². The van der Waals surface area contributed by atoms with Crippen molar-refractivity contribution in [3.63, 3.8) is 0 Å². The molecule has 0 bridgehead atoms. The van der Waals surface area contributed by atoms with Crippen LogP contribution in [0.3, 0.4) is 0 Å². The van der Waals surface area contributed by atoms with Gasteiger partial charge < -0.3 is 0 Å². The van der Waals surface area contributed by atoms with Crippen LogP contribution in [0.25, 0.3) is 0 Å². The van der Waals surface area contributed by atoms with Gasteiger partial charge in [0.2, 0.25) is 0 Å². The predicted molar refractivity (Wildman–Crippen MR) is 69.1 cm³/mol. The molecule has 0 aromatic heterocycles. The number of carbonyl (C=O) groups is 1. The summed E-state index contributed by atoms with van der Waals surface area (Å²) in [6, 6.07) is 6.15. The Bertz CT molecular complexity index is 352. The number of unbranched alkanes of at least 4 members (excludes halogenated alkanes) is 1. The highest BCUT2D eigenvalue weighted by Gasteiger charge is 2.10. The van der Waals surface area contributed by atoms with Crippen LogP contribution in [-0.4, -0.2) is 5.78 Å². The maximum Gasteiger partial charge on any atom is 0.160 e. The molecule has 0 atom stereocenters. The molecule has 0 N–H and O–H groups in total. The van der Waals surface area contributed by atoms with Gasteiger partial charge in [-0.2, -0.15) is 0 Å². The maximum absolute atomic E-state index is 11.6. The highest BCUT2D eigenvalue weighted by molar-refractivity contribution is 5.95. The molecule has 1 rings (SSSR count). The molecule has 0 aliphatic rings. The van der Waals surface area contributed by atoms with E-state index < -0.39 is 0 Å². The largest absolute Gasteiger partial charge is 0.295 e. The minimum Gasteiger partial charge on any atom is -0.295 e. The van der Waals surface area contributed by atoms with Crippen LogP contribution >= 0.6 is 0 Å². The molecule has 0 saturated heterocycles. The number of benzene rings is 1. The zero-order valence-electron chi connectivity index (χ0n) is 10.7. The van der Waals surface area contributed by atoms with Gasteiger partial charge in [0.15, 0.2) is 5.78 Å². The second-order valence-corrected chi connectivity index (χ2v) is 4.35. The Morgan fingerprint density at radius 2 is 1.88 bits per heavy atom. The Balaban J connectivity index is 3.05. The number of ketones is 1. The quantitative estimate of drug-likeness (QED) is 0.654. The standard InChI is InChI=1S/C15H22O/c1-4-6-9-13-10-7-11-14(12(3)16)15(13)8-5-2/h7,10-11H,4-6,8-9H2,1-3H3. The average Bonchev–Trinajstić information content (AvgIpc) is 2.27. The van der Waals surface area contributed by atoms with Crippen molar-refractivity contribution in [1.29, 1.82) is 0 Å². The van der Waals surface area contributed by atoms with Gasteiger partial charge in [0.25, 0.3) is 0 Å². The molecular formula is C15H22O. The van der Waals surface area contributed by atoms with E-state index >= 15 is 0 Å². The average molecular weight is 218 g/mol. The number of rotatable bonds is 6. The third kappa shape index (κ3) is 3.19. The van der Waals surface area contributed by atoms with Crippen molar-refractivity contribution in [3.8, 4) is 0 Å². The zero-order chi connectivity index (χ0) is 12.0. The summed E-state index contributed by atoms with van der Waals surface area (Å²) in [6.45, 7) is 6.03. The van der Waals surface area contributed by atoms with Gasteiger partial charge >= 0.3 is 0 Å². The van der Waals surface area contributed by atoms with Gasteiger partial charge in [0.1, 0.15) is 0 Å². The lowest BCUT2D eigenvalue weighted by molar-refractivity contribution is 0.101. The van der Waals surface area contributed by atoms with Crippen LogP contribution in [0.2, 0.25) is 0 Å². The highest BCUT2D eigenvalue weighted by atomic mass is 16.1. The van der Waals surface area contributed by atoms with Crippen molar-refractivity contribution in [2.45, 2.75) is 52.9 Å². The van der Waals surface area contributed by atoms with E-state index in [-0.39, 0.29) is 5.78 Å². The summed E-state index contributed by atoms with van der Waals surface area (Å²) in [5.41, 5.74) is 3.58. The van der Waals surface area contributed by atoms with Gasteiger partial charge in [-0.3, -0.25) is 4.79 Å². The van der Waals surface area contributed by atoms with Crippen LogP contribution in [-0.2, 0) is 12.8 Å². The maximum atomic E-state index is 11.6. The molecule has 0 spiro atoms. The number of carbonyl (C=O) groups excluding carboxylic acids is 1. The van der Waals surface area contributed by atoms with Crippen LogP contribution in [0.5, 0.6) is 0 Å². The molecule has 88 valence electrons. The first-order chi connectivity index (χ1) is 7.70. The summed E-state index contributed by atoms with van der Waals surface area (Å²) < 4.78 is 0. The highest BCUT2D eigenvalue weighted by Crippen LogP contribution is 2.19. The van der Waals surface area contributed by atoms with Crippen molar-refractivity contribution < 1.29 is 4.79 Å². The van der Waals surface area contributed by atoms with E-state index in [4.69, 9.17) is 0 Å². The molecule has 0 saturated carbocycles. The topological polar surface area (TPSA) is 17.1 Å². The van der Waals surface area contributed by atoms with Crippen molar-refractivity contribution in [2.75, 3.05) is 0 Å². The lowest BCUT2D eigenvalue weighted by Crippen LogP contribution is -2.04. The third-order valence-electron chi connectivity index (χ3n) is 2.95. The SMILES string of the molecule is CCCCc1cccc(C(C)=O)c1CCC. The van der Waals surface area contributed by atoms with Crippen molar-refractivity contribution >= 4 is 5.78 Å². The normalized spacial score (nSPS) is 10.4. The molecule has 0 amide bonds. The Kier molecular flexibility index (Phi) is 5.24. The first kappa shape index (κ1) is 13.0. The van der Waals surface area contributed by atoms with E-state index in [1.807, 2.05) is 12.1 Å². The summed E-state index contributed by atoms with van der Waals surface area (Å²) in [4.78, 5) is 11.6. The van der Waals surface area contributed by atoms with E-state index in [2.05, 4.69) is 19.9 Å². The summed E-state index contributed by atoms with van der Waals surface area (Å²) in [5, 5.41) is 0. The van der Waals surface area contributed by atoms with E-state index in [0.29, 0.717) is 0 Å². The summed E-state index contributed by atoms with van der Waals surface area (Å²) in [7, 11) is 0. The van der Waals surface area contributed by atoms with Crippen LogP contribution in [0.15, 0.2) is 18.2 Å². The van der Waals surface area contributed by atoms with Gasteiger partial charge in [0.05, 0.1) is 0 Å². The molecule has 0 unspecified atom stereocenters. The molecule has 16 heavy (non-hydrogen) atoms. The second-order valence-electron chi connectivity index (χ2n) is 4.35. The second kappa shape index (κ2) is 6.47. The monoisotopic (exact) mass is 218 g/mol. The number of hydrogen-bond donors (Lipinski definition) is 0. The molecular weight excluding hydrogens is 196 g/mol. The Labute approximate surface area is 98.9 Å². The number of aryl methyl sites for hydroxylation is 1. The Morgan fingerprint density at radius 1 is 1.12 bits per heavy atom. The Morgan fingerprint density at radius 3 is 2.44 bits per heavy atom. The lowest BCUT2D eigenvalue weighted by Gasteiger charge is -2.12. The third-order valence-corrected chi connectivity index (χ3v) is 2.95. The molecule has 0 radical (unpaired) electrons. The number of hydrogen-bond acceptors (Lipinski definition) is 1. The van der Waals surface area contributed by atoms with Crippen LogP contribution < -0.4 is 0 Å².